The summed E-state index contributed by atoms with van der Waals surface area (Å²) in [5.74, 6) is 0.697. The first kappa shape index (κ1) is 11.0. The lowest BCUT2D eigenvalue weighted by atomic mass is 10.6. The molecule has 0 aliphatic rings. The van der Waals surface area contributed by atoms with Crippen LogP contribution in [-0.4, -0.2) is 11.1 Å². The summed E-state index contributed by atoms with van der Waals surface area (Å²) in [7, 11) is 0. The van der Waals surface area contributed by atoms with E-state index in [1.54, 1.807) is 0 Å². The second-order valence-corrected chi connectivity index (χ2v) is 4.56. The second-order valence-electron chi connectivity index (χ2n) is 1.32. The SMILES string of the molecule is N#CSCC(Br)=C(Br)CBr. The summed E-state index contributed by atoms with van der Waals surface area (Å²) in [6, 6.07) is 0. The van der Waals surface area contributed by atoms with Crippen molar-refractivity contribution >= 4 is 59.6 Å². The molecule has 56 valence electrons. The summed E-state index contributed by atoms with van der Waals surface area (Å²) < 4.78 is 2.08. The zero-order chi connectivity index (χ0) is 7.98. The summed E-state index contributed by atoms with van der Waals surface area (Å²) in [4.78, 5) is 0. The Morgan fingerprint density at radius 3 is 2.40 bits per heavy atom. The number of alkyl halides is 1. The highest BCUT2D eigenvalue weighted by molar-refractivity contribution is 9.15. The Bertz CT molecular complexity index is 172. The number of thiocyanates is 1. The molecule has 0 aromatic carbocycles. The molecule has 0 aliphatic carbocycles. The minimum atomic E-state index is 0.697. The number of thioether (sulfide) groups is 1. The summed E-state index contributed by atoms with van der Waals surface area (Å²) in [5, 5.41) is 11.0. The Morgan fingerprint density at radius 2 is 2.00 bits per heavy atom. The van der Waals surface area contributed by atoms with Crippen molar-refractivity contribution in [3.05, 3.63) is 8.96 Å². The smallest absolute Gasteiger partial charge is 0.133 e. The number of nitrogens with zero attached hydrogens (tertiary/aromatic N) is 1. The molecule has 0 fully saturated rings. The van der Waals surface area contributed by atoms with Gasteiger partial charge in [-0.2, -0.15) is 5.26 Å². The van der Waals surface area contributed by atoms with E-state index in [0.29, 0.717) is 5.75 Å². The Labute approximate surface area is 89.6 Å². The zero-order valence-corrected chi connectivity index (χ0v) is 10.5. The van der Waals surface area contributed by atoms with Gasteiger partial charge in [0.2, 0.25) is 0 Å². The lowest BCUT2D eigenvalue weighted by Crippen LogP contribution is -1.81. The van der Waals surface area contributed by atoms with Gasteiger partial charge in [0.15, 0.2) is 0 Å². The number of rotatable bonds is 3. The van der Waals surface area contributed by atoms with E-state index < -0.39 is 0 Å². The van der Waals surface area contributed by atoms with Crippen molar-refractivity contribution in [2.45, 2.75) is 0 Å². The van der Waals surface area contributed by atoms with Gasteiger partial charge in [-0.25, -0.2) is 0 Å². The van der Waals surface area contributed by atoms with E-state index in [9.17, 15) is 0 Å². The van der Waals surface area contributed by atoms with Crippen LogP contribution in [0.25, 0.3) is 0 Å². The van der Waals surface area contributed by atoms with Gasteiger partial charge in [-0.1, -0.05) is 47.8 Å². The second kappa shape index (κ2) is 6.71. The summed E-state index contributed by atoms with van der Waals surface area (Å²) in [6.45, 7) is 0. The molecule has 0 N–H and O–H groups in total. The standard InChI is InChI=1S/C5H4Br3NS/c6-1-4(7)5(8)2-10-3-9/h1-2H2. The molecule has 0 aromatic heterocycles. The molecule has 0 amide bonds. The Balaban J connectivity index is 3.82. The van der Waals surface area contributed by atoms with Crippen molar-refractivity contribution in [2.75, 3.05) is 11.1 Å². The molecule has 0 bridgehead atoms. The van der Waals surface area contributed by atoms with E-state index in [4.69, 9.17) is 5.26 Å². The van der Waals surface area contributed by atoms with Crippen molar-refractivity contribution in [3.8, 4) is 5.40 Å². The maximum absolute atomic E-state index is 8.21. The Kier molecular flexibility index (Phi) is 7.40. The van der Waals surface area contributed by atoms with Gasteiger partial charge < -0.3 is 0 Å². The molecule has 0 radical (unpaired) electrons. The van der Waals surface area contributed by atoms with E-state index in [1.807, 2.05) is 5.40 Å². The van der Waals surface area contributed by atoms with Crippen LogP contribution in [0.15, 0.2) is 8.96 Å². The quantitative estimate of drug-likeness (QED) is 0.574. The molecule has 0 aliphatic heterocycles. The lowest BCUT2D eigenvalue weighted by Gasteiger charge is -1.95. The number of allylic oxidation sites excluding steroid dienone is 1. The van der Waals surface area contributed by atoms with Gasteiger partial charge in [0.1, 0.15) is 5.40 Å². The normalized spacial score (nSPS) is 12.2. The predicted molar refractivity (Wildman–Crippen MR) is 56.7 cm³/mol. The first-order chi connectivity index (χ1) is 4.72. The van der Waals surface area contributed by atoms with Crippen molar-refractivity contribution in [3.63, 3.8) is 0 Å². The molecule has 10 heavy (non-hydrogen) atoms. The van der Waals surface area contributed by atoms with E-state index in [-0.39, 0.29) is 0 Å². The maximum Gasteiger partial charge on any atom is 0.133 e. The molecule has 0 unspecified atom stereocenters. The fraction of sp³-hybridized carbons (Fsp3) is 0.400. The molecule has 1 nitrogen and oxygen atoms in total. The highest BCUT2D eigenvalue weighted by atomic mass is 79.9. The minimum absolute atomic E-state index is 0.697. The fourth-order valence-corrected chi connectivity index (χ4v) is 2.14. The van der Waals surface area contributed by atoms with E-state index in [1.165, 1.54) is 11.8 Å². The predicted octanol–water partition coefficient (Wildman–Crippen LogP) is 3.60. The van der Waals surface area contributed by atoms with Crippen molar-refractivity contribution in [1.29, 1.82) is 5.26 Å². The number of nitriles is 1. The van der Waals surface area contributed by atoms with Gasteiger partial charge in [-0.3, -0.25) is 0 Å². The van der Waals surface area contributed by atoms with Gasteiger partial charge in [-0.15, -0.1) is 0 Å². The molecule has 0 rings (SSSR count). The third-order valence-electron chi connectivity index (χ3n) is 0.675. The first-order valence-corrected chi connectivity index (χ1v) is 6.01. The van der Waals surface area contributed by atoms with Crippen LogP contribution in [0.5, 0.6) is 0 Å². The number of hydrogen-bond donors (Lipinski definition) is 0. The van der Waals surface area contributed by atoms with Gasteiger partial charge >= 0.3 is 0 Å². The lowest BCUT2D eigenvalue weighted by molar-refractivity contribution is 1.56. The van der Waals surface area contributed by atoms with Gasteiger partial charge in [-0.05, 0) is 11.8 Å². The van der Waals surface area contributed by atoms with E-state index >= 15 is 0 Å². The maximum atomic E-state index is 8.21. The van der Waals surface area contributed by atoms with Crippen LogP contribution < -0.4 is 0 Å². The third kappa shape index (κ3) is 4.78. The average molecular weight is 350 g/mol. The first-order valence-electron chi connectivity index (χ1n) is 2.32. The molecular formula is C5H4Br3NS. The van der Waals surface area contributed by atoms with Crippen LogP contribution in [-0.2, 0) is 0 Å². The third-order valence-corrected chi connectivity index (χ3v) is 4.97. The van der Waals surface area contributed by atoms with Crippen molar-refractivity contribution < 1.29 is 0 Å². The fourth-order valence-electron chi connectivity index (χ4n) is 0.246. The molecule has 5 heteroatoms. The number of hydrogen-bond acceptors (Lipinski definition) is 2. The van der Waals surface area contributed by atoms with Crippen molar-refractivity contribution in [1.82, 2.24) is 0 Å². The highest BCUT2D eigenvalue weighted by Gasteiger charge is 1.98. The topological polar surface area (TPSA) is 23.8 Å². The summed E-state index contributed by atoms with van der Waals surface area (Å²) >= 11 is 11.2. The highest BCUT2D eigenvalue weighted by Crippen LogP contribution is 2.22. The Hall–Kier alpha value is 1.02. The number of halogens is 3. The van der Waals surface area contributed by atoms with Crippen LogP contribution in [0.2, 0.25) is 0 Å². The van der Waals surface area contributed by atoms with Crippen LogP contribution in [0, 0.1) is 10.7 Å². The molecule has 0 saturated heterocycles. The van der Waals surface area contributed by atoms with Crippen LogP contribution >= 0.6 is 59.6 Å². The summed E-state index contributed by atoms with van der Waals surface area (Å²) in [5.41, 5.74) is 0. The van der Waals surface area contributed by atoms with Gasteiger partial charge in [0.05, 0.1) is 0 Å². The largest absolute Gasteiger partial charge is 0.185 e. The van der Waals surface area contributed by atoms with Crippen LogP contribution in [0.3, 0.4) is 0 Å². The van der Waals surface area contributed by atoms with Gasteiger partial charge in [0.25, 0.3) is 0 Å². The zero-order valence-electron chi connectivity index (χ0n) is 4.90. The van der Waals surface area contributed by atoms with Gasteiger partial charge in [0, 0.05) is 20.0 Å². The van der Waals surface area contributed by atoms with Crippen LogP contribution in [0.1, 0.15) is 0 Å². The molecule has 0 heterocycles. The monoisotopic (exact) mass is 347 g/mol. The minimum Gasteiger partial charge on any atom is -0.185 e. The molecule has 0 saturated carbocycles. The molecular weight excluding hydrogens is 346 g/mol. The van der Waals surface area contributed by atoms with E-state index in [0.717, 1.165) is 14.3 Å². The summed E-state index contributed by atoms with van der Waals surface area (Å²) in [6.07, 6.45) is 0. The Morgan fingerprint density at radius 1 is 1.40 bits per heavy atom. The van der Waals surface area contributed by atoms with Crippen molar-refractivity contribution in [2.24, 2.45) is 0 Å². The van der Waals surface area contributed by atoms with E-state index in [2.05, 4.69) is 47.8 Å². The molecule has 0 spiro atoms. The average Bonchev–Trinajstić information content (AvgIpc) is 1.98. The molecule has 0 atom stereocenters. The molecule has 0 aromatic rings. The van der Waals surface area contributed by atoms with Crippen LogP contribution in [0.4, 0.5) is 0 Å².